The zero-order valence-corrected chi connectivity index (χ0v) is 19.2. The summed E-state index contributed by atoms with van der Waals surface area (Å²) in [4.78, 5) is 22.7. The first-order valence-corrected chi connectivity index (χ1v) is 10.2. The van der Waals surface area contributed by atoms with E-state index in [0.29, 0.717) is 0 Å². The number of hydrogen-bond donors (Lipinski definition) is 3. The molecule has 0 aromatic heterocycles. The number of nitrogens with one attached hydrogen (secondary N) is 3. The molecule has 0 radical (unpaired) electrons. The van der Waals surface area contributed by atoms with Crippen molar-refractivity contribution in [1.29, 1.82) is 0 Å². The third kappa shape index (κ3) is 7.24. The number of hydrogen-bond acceptors (Lipinski definition) is 4. The highest BCUT2D eigenvalue weighted by Crippen LogP contribution is 2.34. The number of nitrogens with zero attached hydrogens (tertiary/aromatic N) is 1. The van der Waals surface area contributed by atoms with Crippen LogP contribution in [0.15, 0.2) is 42.5 Å². The second-order valence-corrected chi connectivity index (χ2v) is 9.23. The summed E-state index contributed by atoms with van der Waals surface area (Å²) >= 11 is 28.5. The molecule has 0 saturated heterocycles. The maximum atomic E-state index is 12.9. The highest BCUT2D eigenvalue weighted by atomic mass is 35.6. The van der Waals surface area contributed by atoms with Gasteiger partial charge >= 0.3 is 6.18 Å². The van der Waals surface area contributed by atoms with E-state index in [1.54, 1.807) is 0 Å². The molecule has 1 amide bonds. The number of amides is 1. The number of nitro benzene ring substituents is 1. The van der Waals surface area contributed by atoms with E-state index in [0.717, 1.165) is 24.3 Å². The van der Waals surface area contributed by atoms with E-state index >= 15 is 0 Å². The van der Waals surface area contributed by atoms with Crippen LogP contribution in [0.1, 0.15) is 15.9 Å². The van der Waals surface area contributed by atoms with Crippen molar-refractivity contribution in [2.45, 2.75) is 16.1 Å². The molecule has 0 aliphatic carbocycles. The number of thiocarbonyl (C=S) groups is 1. The van der Waals surface area contributed by atoms with Gasteiger partial charge in [0.1, 0.15) is 6.17 Å². The van der Waals surface area contributed by atoms with E-state index in [4.69, 9.17) is 58.6 Å². The summed E-state index contributed by atoms with van der Waals surface area (Å²) in [5.74, 6) is -0.850. The number of nitro groups is 1. The normalized spacial score (nSPS) is 12.6. The number of non-ortho nitro benzene ring substituents is 1. The second kappa shape index (κ2) is 10.3. The molecule has 0 fully saturated rings. The molecule has 0 aliphatic heterocycles. The van der Waals surface area contributed by atoms with Gasteiger partial charge in [0.15, 0.2) is 5.11 Å². The third-order valence-corrected chi connectivity index (χ3v) is 4.94. The lowest BCUT2D eigenvalue weighted by Gasteiger charge is -2.28. The average Bonchev–Trinajstić information content (AvgIpc) is 2.67. The van der Waals surface area contributed by atoms with Crippen LogP contribution in [0.5, 0.6) is 0 Å². The first-order chi connectivity index (χ1) is 14.7. The molecule has 2 aromatic carbocycles. The lowest BCUT2D eigenvalue weighted by atomic mass is 10.2. The predicted octanol–water partition coefficient (Wildman–Crippen LogP) is 5.68. The summed E-state index contributed by atoms with van der Waals surface area (Å²) in [5.41, 5.74) is -1.62. The Labute approximate surface area is 204 Å². The number of alkyl halides is 6. The van der Waals surface area contributed by atoms with Gasteiger partial charge in [0.25, 0.3) is 11.6 Å². The van der Waals surface area contributed by atoms with E-state index in [1.807, 2.05) is 0 Å². The largest absolute Gasteiger partial charge is 0.416 e. The summed E-state index contributed by atoms with van der Waals surface area (Å²) in [7, 11) is 0. The van der Waals surface area contributed by atoms with Gasteiger partial charge in [-0.1, -0.05) is 52.5 Å². The lowest BCUT2D eigenvalue weighted by Crippen LogP contribution is -2.56. The molecule has 7 nitrogen and oxygen atoms in total. The molecule has 2 rings (SSSR count). The fourth-order valence-electron chi connectivity index (χ4n) is 2.26. The van der Waals surface area contributed by atoms with E-state index in [-0.39, 0.29) is 27.1 Å². The zero-order valence-electron chi connectivity index (χ0n) is 15.3. The van der Waals surface area contributed by atoms with Crippen LogP contribution in [0.4, 0.5) is 24.5 Å². The van der Waals surface area contributed by atoms with E-state index in [9.17, 15) is 28.1 Å². The first kappa shape index (κ1) is 26.2. The molecule has 32 heavy (non-hydrogen) atoms. The van der Waals surface area contributed by atoms with Crippen molar-refractivity contribution in [1.82, 2.24) is 10.6 Å². The van der Waals surface area contributed by atoms with E-state index in [1.165, 1.54) is 18.2 Å². The van der Waals surface area contributed by atoms with Gasteiger partial charge < -0.3 is 16.0 Å². The minimum atomic E-state index is -4.62. The molecule has 0 spiro atoms. The fraction of sp³-hybridized carbons (Fsp3) is 0.176. The molecule has 2 aromatic rings. The molecular weight excluding hydrogens is 539 g/mol. The SMILES string of the molecule is O=C(N[C@@H](NC(=S)Nc1cc(C(F)(F)F)ccc1Cl)C(Cl)(Cl)Cl)c1cccc([N+](=O)[O-])c1. The van der Waals surface area contributed by atoms with Gasteiger partial charge in [-0.2, -0.15) is 13.2 Å². The molecule has 15 heteroatoms. The molecule has 0 bridgehead atoms. The molecule has 0 heterocycles. The first-order valence-electron chi connectivity index (χ1n) is 8.25. The van der Waals surface area contributed by atoms with Gasteiger partial charge in [-0.15, -0.1) is 0 Å². The van der Waals surface area contributed by atoms with Crippen LogP contribution in [-0.4, -0.2) is 25.9 Å². The van der Waals surface area contributed by atoms with Crippen LogP contribution in [-0.2, 0) is 6.18 Å². The van der Waals surface area contributed by atoms with Crippen LogP contribution in [0.2, 0.25) is 5.02 Å². The van der Waals surface area contributed by atoms with Crippen LogP contribution in [0, 0.1) is 10.1 Å². The molecule has 172 valence electrons. The van der Waals surface area contributed by atoms with Gasteiger partial charge in [0.05, 0.1) is 21.2 Å². The number of rotatable bonds is 5. The Morgan fingerprint density at radius 3 is 2.31 bits per heavy atom. The number of anilines is 1. The Hall–Kier alpha value is -2.05. The quantitative estimate of drug-likeness (QED) is 0.146. The summed E-state index contributed by atoms with van der Waals surface area (Å²) < 4.78 is 36.6. The highest BCUT2D eigenvalue weighted by Gasteiger charge is 2.35. The molecule has 0 saturated carbocycles. The molecule has 0 aliphatic rings. The van der Waals surface area contributed by atoms with Gasteiger partial charge in [-0.25, -0.2) is 0 Å². The molecule has 0 unspecified atom stereocenters. The monoisotopic (exact) mass is 548 g/mol. The number of benzene rings is 2. The number of halogens is 7. The van der Waals surface area contributed by atoms with Crippen molar-refractivity contribution in [3.8, 4) is 0 Å². The summed E-state index contributed by atoms with van der Waals surface area (Å²) in [6.07, 6.45) is -6.11. The Balaban J connectivity index is 2.18. The van der Waals surface area contributed by atoms with Crippen LogP contribution >= 0.6 is 58.6 Å². The van der Waals surface area contributed by atoms with Crippen LogP contribution in [0.25, 0.3) is 0 Å². The topological polar surface area (TPSA) is 96.3 Å². The zero-order chi connectivity index (χ0) is 24.3. The van der Waals surface area contributed by atoms with Gasteiger partial charge in [0.2, 0.25) is 3.79 Å². The number of carbonyl (C=O) groups excluding carboxylic acids is 1. The van der Waals surface area contributed by atoms with Crippen molar-refractivity contribution >= 4 is 81.0 Å². The van der Waals surface area contributed by atoms with Crippen molar-refractivity contribution in [2.24, 2.45) is 0 Å². The number of carbonyl (C=O) groups is 1. The van der Waals surface area contributed by atoms with Gasteiger partial charge in [-0.3, -0.25) is 14.9 Å². The minimum absolute atomic E-state index is 0.0757. The fourth-order valence-corrected chi connectivity index (χ4v) is 2.98. The standard InChI is InChI=1S/C17H11Cl4F3N4O3S/c18-11-5-4-9(17(22,23)24)7-12(11)25-15(32)27-14(16(19,20)21)26-13(29)8-2-1-3-10(6-8)28(30)31/h1-7,14H,(H,26,29)(H2,25,27,32)/t14-/m0/s1. The average molecular weight is 550 g/mol. The Bertz CT molecular complexity index is 1050. The molecular formula is C17H11Cl4F3N4O3S. The smallest absolute Gasteiger partial charge is 0.339 e. The van der Waals surface area contributed by atoms with Gasteiger partial charge in [-0.05, 0) is 36.5 Å². The summed E-state index contributed by atoms with van der Waals surface area (Å²) in [6, 6.07) is 7.29. The van der Waals surface area contributed by atoms with Crippen molar-refractivity contribution in [3.63, 3.8) is 0 Å². The van der Waals surface area contributed by atoms with Crippen molar-refractivity contribution in [2.75, 3.05) is 5.32 Å². The van der Waals surface area contributed by atoms with E-state index in [2.05, 4.69) is 16.0 Å². The minimum Gasteiger partial charge on any atom is -0.339 e. The van der Waals surface area contributed by atoms with Crippen LogP contribution in [0.3, 0.4) is 0 Å². The summed E-state index contributed by atoms with van der Waals surface area (Å²) in [6.45, 7) is 0. The Morgan fingerprint density at radius 1 is 1.09 bits per heavy atom. The third-order valence-electron chi connectivity index (χ3n) is 3.74. The maximum absolute atomic E-state index is 12.9. The Morgan fingerprint density at radius 2 is 1.75 bits per heavy atom. The summed E-state index contributed by atoms with van der Waals surface area (Å²) in [5, 5.41) is 17.7. The maximum Gasteiger partial charge on any atom is 0.416 e. The van der Waals surface area contributed by atoms with Crippen molar-refractivity contribution < 1.29 is 22.9 Å². The second-order valence-electron chi connectivity index (χ2n) is 6.05. The van der Waals surface area contributed by atoms with Crippen molar-refractivity contribution in [3.05, 3.63) is 68.7 Å². The predicted molar refractivity (Wildman–Crippen MR) is 120 cm³/mol. The lowest BCUT2D eigenvalue weighted by molar-refractivity contribution is -0.384. The van der Waals surface area contributed by atoms with E-state index < -0.39 is 32.5 Å². The van der Waals surface area contributed by atoms with Gasteiger partial charge in [0, 0.05) is 17.7 Å². The highest BCUT2D eigenvalue weighted by molar-refractivity contribution is 7.80. The Kier molecular flexibility index (Phi) is 8.40. The van der Waals surface area contributed by atoms with Crippen LogP contribution < -0.4 is 16.0 Å². The molecule has 3 N–H and O–H groups in total. The molecule has 1 atom stereocenters.